The van der Waals surface area contributed by atoms with Gasteiger partial charge in [-0.2, -0.15) is 17.9 Å². The van der Waals surface area contributed by atoms with Gasteiger partial charge in [0.25, 0.3) is 0 Å². The molecule has 32 heavy (non-hydrogen) atoms. The van der Waals surface area contributed by atoms with Gasteiger partial charge in [-0.15, -0.1) is 9.40 Å². The van der Waals surface area contributed by atoms with Crippen molar-refractivity contribution in [2.24, 2.45) is 0 Å². The number of alkyl halides is 3. The van der Waals surface area contributed by atoms with Gasteiger partial charge in [-0.05, 0) is 49.2 Å². The van der Waals surface area contributed by atoms with Gasteiger partial charge in [0.15, 0.2) is 15.3 Å². The molecule has 1 aliphatic heterocycles. The number of halogens is 4. The third kappa shape index (κ3) is 4.38. The Bertz CT molecular complexity index is 1220. The first-order chi connectivity index (χ1) is 15.1. The number of rotatable bonds is 4. The summed E-state index contributed by atoms with van der Waals surface area (Å²) in [6.07, 6.45) is -3.69. The van der Waals surface area contributed by atoms with E-state index in [0.29, 0.717) is 24.6 Å². The highest BCUT2D eigenvalue weighted by Gasteiger charge is 2.38. The molecule has 0 bridgehead atoms. The van der Waals surface area contributed by atoms with Gasteiger partial charge in [0.05, 0.1) is 17.8 Å². The van der Waals surface area contributed by atoms with Gasteiger partial charge in [0.1, 0.15) is 11.6 Å². The van der Waals surface area contributed by atoms with Crippen molar-refractivity contribution in [1.82, 2.24) is 19.1 Å². The fourth-order valence-electron chi connectivity index (χ4n) is 3.65. The minimum atomic E-state index is -4.66. The van der Waals surface area contributed by atoms with Gasteiger partial charge in [0.2, 0.25) is 0 Å². The van der Waals surface area contributed by atoms with E-state index in [1.54, 1.807) is 0 Å². The van der Waals surface area contributed by atoms with E-state index in [2.05, 4.69) is 10.1 Å². The van der Waals surface area contributed by atoms with Crippen molar-refractivity contribution in [3.05, 3.63) is 76.2 Å². The minimum absolute atomic E-state index is 0.0467. The average Bonchev–Trinajstić information content (AvgIpc) is 3.15. The largest absolute Gasteiger partial charge is 0.593 e. The van der Waals surface area contributed by atoms with Gasteiger partial charge in [0, 0.05) is 18.5 Å². The number of sulfonamides is 1. The van der Waals surface area contributed by atoms with Gasteiger partial charge in [-0.25, -0.2) is 9.18 Å². The lowest BCUT2D eigenvalue weighted by Crippen LogP contribution is -2.43. The molecule has 0 amide bonds. The van der Waals surface area contributed by atoms with Crippen molar-refractivity contribution in [3.63, 3.8) is 0 Å². The Hall–Kier alpha value is -2.83. The number of aromatic nitrogens is 3. The van der Waals surface area contributed by atoms with E-state index < -0.39 is 44.5 Å². The topological polar surface area (TPSA) is 94.1 Å². The Morgan fingerprint density at radius 1 is 1.16 bits per heavy atom. The molecular formula is C20H18F4N4O3S. The molecule has 1 aliphatic rings. The maximum atomic E-state index is 13.1. The molecule has 1 saturated heterocycles. The molecule has 170 valence electrons. The first-order valence-corrected chi connectivity index (χ1v) is 11.1. The lowest BCUT2D eigenvalue weighted by molar-refractivity contribution is -0.137. The van der Waals surface area contributed by atoms with E-state index >= 15 is 0 Å². The first kappa shape index (κ1) is 22.4. The van der Waals surface area contributed by atoms with Crippen LogP contribution in [0.2, 0.25) is 0 Å². The Balaban J connectivity index is 1.59. The second-order valence-corrected chi connectivity index (χ2v) is 9.37. The number of nitrogens with zero attached hydrogens (tertiary/aromatic N) is 3. The van der Waals surface area contributed by atoms with Crippen molar-refractivity contribution in [2.45, 2.75) is 29.8 Å². The van der Waals surface area contributed by atoms with E-state index in [4.69, 9.17) is 0 Å². The SMILES string of the molecule is O=c1[nH]c(C2CCCN([S+](=O)([O-])c3cccc(C(F)(F)F)c3)C2)nn1-c1ccc(F)cc1. The Labute approximate surface area is 181 Å². The summed E-state index contributed by atoms with van der Waals surface area (Å²) in [7, 11) is -4.18. The molecule has 1 aromatic heterocycles. The molecule has 0 aliphatic carbocycles. The molecule has 0 radical (unpaired) electrons. The Morgan fingerprint density at radius 2 is 1.88 bits per heavy atom. The number of aromatic amines is 1. The third-order valence-electron chi connectivity index (χ3n) is 5.28. The number of piperidine rings is 1. The lowest BCUT2D eigenvalue weighted by Gasteiger charge is -2.33. The van der Waals surface area contributed by atoms with Crippen LogP contribution in [0.5, 0.6) is 0 Å². The van der Waals surface area contributed by atoms with Crippen LogP contribution in [-0.2, 0) is 20.8 Å². The normalized spacial score (nSPS) is 19.6. The second kappa shape index (κ2) is 8.26. The number of nitrogens with one attached hydrogen (secondary N) is 1. The molecule has 1 fully saturated rings. The molecule has 3 aromatic rings. The zero-order valence-corrected chi connectivity index (χ0v) is 17.3. The smallest absolute Gasteiger partial charge is 0.416 e. The van der Waals surface area contributed by atoms with Gasteiger partial charge in [-0.1, -0.05) is 10.3 Å². The van der Waals surface area contributed by atoms with Gasteiger partial charge in [-0.3, -0.25) is 4.98 Å². The molecule has 2 atom stereocenters. The quantitative estimate of drug-likeness (QED) is 0.467. The van der Waals surface area contributed by atoms with E-state index in [9.17, 15) is 31.1 Å². The molecule has 2 unspecified atom stereocenters. The Morgan fingerprint density at radius 3 is 2.56 bits per heavy atom. The van der Waals surface area contributed by atoms with Crippen LogP contribution in [0, 0.1) is 5.82 Å². The molecule has 2 aromatic carbocycles. The summed E-state index contributed by atoms with van der Waals surface area (Å²) in [4.78, 5) is 14.5. The van der Waals surface area contributed by atoms with Crippen molar-refractivity contribution in [2.75, 3.05) is 13.1 Å². The van der Waals surface area contributed by atoms with Crippen molar-refractivity contribution >= 4 is 10.4 Å². The van der Waals surface area contributed by atoms with Gasteiger partial charge >= 0.3 is 11.9 Å². The number of benzene rings is 2. The van der Waals surface area contributed by atoms with Crippen molar-refractivity contribution in [3.8, 4) is 5.69 Å². The zero-order valence-electron chi connectivity index (χ0n) is 16.5. The number of hydrogen-bond donors (Lipinski definition) is 1. The van der Waals surface area contributed by atoms with Crippen molar-refractivity contribution < 1.29 is 26.3 Å². The predicted molar refractivity (Wildman–Crippen MR) is 106 cm³/mol. The van der Waals surface area contributed by atoms with E-state index in [1.165, 1.54) is 24.3 Å². The van der Waals surface area contributed by atoms with Crippen LogP contribution in [0.4, 0.5) is 17.6 Å². The fraction of sp³-hybridized carbons (Fsp3) is 0.300. The van der Waals surface area contributed by atoms with E-state index in [1.807, 2.05) is 0 Å². The predicted octanol–water partition coefficient (Wildman–Crippen LogP) is 3.50. The van der Waals surface area contributed by atoms with Crippen LogP contribution >= 0.6 is 0 Å². The maximum absolute atomic E-state index is 13.1. The van der Waals surface area contributed by atoms with E-state index in [0.717, 1.165) is 27.2 Å². The molecule has 2 heterocycles. The van der Waals surface area contributed by atoms with Gasteiger partial charge < -0.3 is 4.55 Å². The lowest BCUT2D eigenvalue weighted by atomic mass is 9.99. The zero-order chi connectivity index (χ0) is 23.1. The summed E-state index contributed by atoms with van der Waals surface area (Å²) < 4.78 is 80.3. The highest BCUT2D eigenvalue weighted by atomic mass is 32.3. The number of hydrogen-bond acceptors (Lipinski definition) is 4. The van der Waals surface area contributed by atoms with Crippen molar-refractivity contribution in [1.29, 1.82) is 0 Å². The summed E-state index contributed by atoms with van der Waals surface area (Å²) in [6.45, 7) is 0.0902. The molecule has 0 saturated carbocycles. The molecular weight excluding hydrogens is 452 g/mol. The van der Waals surface area contributed by atoms with Crippen LogP contribution in [0.25, 0.3) is 5.69 Å². The molecule has 12 heteroatoms. The summed E-state index contributed by atoms with van der Waals surface area (Å²) >= 11 is 0. The third-order valence-corrected chi connectivity index (χ3v) is 7.14. The number of H-pyrrole nitrogens is 1. The second-order valence-electron chi connectivity index (χ2n) is 7.43. The highest BCUT2D eigenvalue weighted by Crippen LogP contribution is 2.34. The standard InChI is InChI=1S/C20H18F4N4O3S/c21-15-6-8-16(9-7-15)28-19(29)25-18(26-28)13-3-2-10-27(12-13)32(30,31)17-5-1-4-14(11-17)20(22,23)24/h1,4-9,11,13H,2-3,10,12H2,(H-,25,26,29,30,31). The summed E-state index contributed by atoms with van der Waals surface area (Å²) in [5.74, 6) is -0.678. The monoisotopic (exact) mass is 470 g/mol. The molecule has 7 nitrogen and oxygen atoms in total. The summed E-state index contributed by atoms with van der Waals surface area (Å²) in [6, 6.07) is 8.73. The first-order valence-electron chi connectivity index (χ1n) is 9.68. The summed E-state index contributed by atoms with van der Waals surface area (Å²) in [5.41, 5.74) is -1.28. The fourth-order valence-corrected chi connectivity index (χ4v) is 5.22. The molecule has 0 spiro atoms. The van der Waals surface area contributed by atoms with Crippen LogP contribution in [-0.4, -0.2) is 36.7 Å². The van der Waals surface area contributed by atoms with Crippen LogP contribution in [0.3, 0.4) is 0 Å². The van der Waals surface area contributed by atoms with E-state index in [-0.39, 0.29) is 18.9 Å². The average molecular weight is 470 g/mol. The Kier molecular flexibility index (Phi) is 5.77. The highest BCUT2D eigenvalue weighted by molar-refractivity contribution is 7.95. The molecule has 1 N–H and O–H groups in total. The maximum Gasteiger partial charge on any atom is 0.416 e. The van der Waals surface area contributed by atoms with Crippen LogP contribution in [0.1, 0.15) is 30.1 Å². The van der Waals surface area contributed by atoms with Crippen LogP contribution < -0.4 is 5.69 Å². The van der Waals surface area contributed by atoms with Crippen LogP contribution in [0.15, 0.2) is 58.2 Å². The minimum Gasteiger partial charge on any atom is -0.593 e. The molecule has 4 rings (SSSR count). The summed E-state index contributed by atoms with van der Waals surface area (Å²) in [5, 5.41) is 4.22.